The van der Waals surface area contributed by atoms with Crippen LogP contribution >= 0.6 is 0 Å². The Morgan fingerprint density at radius 2 is 1.62 bits per heavy atom. The molecule has 198 valence electrons. The molecular formula is C32H42N2O3. The molecule has 0 bridgehead atoms. The molecule has 1 aliphatic rings. The number of hydrogen-bond donors (Lipinski definition) is 2. The van der Waals surface area contributed by atoms with Crippen molar-refractivity contribution in [1.82, 2.24) is 5.32 Å². The van der Waals surface area contributed by atoms with Crippen molar-refractivity contribution < 1.29 is 14.6 Å². The van der Waals surface area contributed by atoms with Gasteiger partial charge < -0.3 is 24.8 Å². The van der Waals surface area contributed by atoms with Gasteiger partial charge in [-0.15, -0.1) is 0 Å². The van der Waals surface area contributed by atoms with Crippen molar-refractivity contribution in [2.45, 2.75) is 58.4 Å². The molecule has 0 saturated carbocycles. The molecule has 0 aromatic heterocycles. The third-order valence-corrected chi connectivity index (χ3v) is 7.53. The van der Waals surface area contributed by atoms with Gasteiger partial charge in [-0.05, 0) is 104 Å². The molecular weight excluding hydrogens is 460 g/mol. The van der Waals surface area contributed by atoms with Crippen LogP contribution < -0.4 is 19.7 Å². The minimum atomic E-state index is 0.351. The molecule has 0 saturated heterocycles. The minimum Gasteiger partial charge on any atom is -0.508 e. The van der Waals surface area contributed by atoms with E-state index < -0.39 is 0 Å². The van der Waals surface area contributed by atoms with E-state index in [0.29, 0.717) is 11.7 Å². The summed E-state index contributed by atoms with van der Waals surface area (Å²) in [7, 11) is 3.41. The van der Waals surface area contributed by atoms with Crippen LogP contribution in [0.2, 0.25) is 0 Å². The number of fused-ring (bicyclic) bond motifs is 1. The predicted molar refractivity (Wildman–Crippen MR) is 152 cm³/mol. The SMILES string of the molecule is CCCNCCc1ccc(CN(CC)c2cc(OC)c(OC)cc2C2CCc3cc(O)ccc3C2)cc1. The molecule has 0 amide bonds. The van der Waals surface area contributed by atoms with Crippen LogP contribution in [0.15, 0.2) is 54.6 Å². The second-order valence-corrected chi connectivity index (χ2v) is 9.99. The van der Waals surface area contributed by atoms with Crippen LogP contribution in [0.4, 0.5) is 5.69 Å². The van der Waals surface area contributed by atoms with E-state index in [0.717, 1.165) is 63.4 Å². The van der Waals surface area contributed by atoms with Crippen LogP contribution in [0.1, 0.15) is 60.4 Å². The number of nitrogens with one attached hydrogen (secondary N) is 1. The summed E-state index contributed by atoms with van der Waals surface area (Å²) in [6.07, 6.45) is 5.18. The highest BCUT2D eigenvalue weighted by atomic mass is 16.5. The van der Waals surface area contributed by atoms with Gasteiger partial charge in [0.25, 0.3) is 0 Å². The van der Waals surface area contributed by atoms with Crippen LogP contribution in [0.25, 0.3) is 0 Å². The molecule has 1 aliphatic carbocycles. The molecule has 1 unspecified atom stereocenters. The van der Waals surface area contributed by atoms with E-state index in [2.05, 4.69) is 66.5 Å². The average Bonchev–Trinajstić information content (AvgIpc) is 2.93. The normalized spacial score (nSPS) is 14.8. The summed E-state index contributed by atoms with van der Waals surface area (Å²) in [4.78, 5) is 2.45. The number of anilines is 1. The summed E-state index contributed by atoms with van der Waals surface area (Å²) in [6.45, 7) is 8.24. The molecule has 37 heavy (non-hydrogen) atoms. The Balaban J connectivity index is 1.59. The monoisotopic (exact) mass is 502 g/mol. The van der Waals surface area contributed by atoms with Gasteiger partial charge in [-0.25, -0.2) is 0 Å². The Labute approximate surface area is 222 Å². The summed E-state index contributed by atoms with van der Waals surface area (Å²) < 4.78 is 11.4. The second kappa shape index (κ2) is 12.9. The summed E-state index contributed by atoms with van der Waals surface area (Å²) in [5.74, 6) is 2.26. The molecule has 0 heterocycles. The van der Waals surface area contributed by atoms with E-state index in [-0.39, 0.29) is 0 Å². The number of ether oxygens (including phenoxy) is 2. The van der Waals surface area contributed by atoms with E-state index in [9.17, 15) is 5.11 Å². The zero-order valence-corrected chi connectivity index (χ0v) is 22.8. The fourth-order valence-corrected chi connectivity index (χ4v) is 5.43. The number of phenolic OH excluding ortho intramolecular Hbond substituents is 1. The number of hydrogen-bond acceptors (Lipinski definition) is 5. The number of nitrogens with zero attached hydrogens (tertiary/aromatic N) is 1. The van der Waals surface area contributed by atoms with Crippen molar-refractivity contribution >= 4 is 5.69 Å². The first-order chi connectivity index (χ1) is 18.1. The molecule has 5 nitrogen and oxygen atoms in total. The molecule has 3 aromatic carbocycles. The highest BCUT2D eigenvalue weighted by Gasteiger charge is 2.26. The third kappa shape index (κ3) is 6.58. The first-order valence-electron chi connectivity index (χ1n) is 13.7. The lowest BCUT2D eigenvalue weighted by atomic mass is 9.79. The van der Waals surface area contributed by atoms with Crippen molar-refractivity contribution in [3.8, 4) is 17.2 Å². The van der Waals surface area contributed by atoms with Crippen LogP contribution in [0, 0.1) is 0 Å². The van der Waals surface area contributed by atoms with Gasteiger partial charge in [0.2, 0.25) is 0 Å². The van der Waals surface area contributed by atoms with Gasteiger partial charge in [0.05, 0.1) is 14.2 Å². The Hall–Kier alpha value is -3.18. The fourth-order valence-electron chi connectivity index (χ4n) is 5.43. The van der Waals surface area contributed by atoms with Crippen molar-refractivity contribution in [2.24, 2.45) is 0 Å². The number of aryl methyl sites for hydroxylation is 1. The molecule has 0 aliphatic heterocycles. The van der Waals surface area contributed by atoms with E-state index in [1.807, 2.05) is 6.07 Å². The summed E-state index contributed by atoms with van der Waals surface area (Å²) in [5, 5.41) is 13.4. The maximum Gasteiger partial charge on any atom is 0.162 e. The van der Waals surface area contributed by atoms with Gasteiger partial charge in [-0.1, -0.05) is 37.3 Å². The smallest absolute Gasteiger partial charge is 0.162 e. The van der Waals surface area contributed by atoms with Gasteiger partial charge in [-0.2, -0.15) is 0 Å². The predicted octanol–water partition coefficient (Wildman–Crippen LogP) is 6.25. The summed E-state index contributed by atoms with van der Waals surface area (Å²) in [6, 6.07) is 19.2. The largest absolute Gasteiger partial charge is 0.508 e. The van der Waals surface area contributed by atoms with Crippen LogP contribution in [0.3, 0.4) is 0 Å². The number of phenols is 1. The Morgan fingerprint density at radius 1 is 0.892 bits per heavy atom. The topological polar surface area (TPSA) is 54.0 Å². The Bertz CT molecular complexity index is 1160. The zero-order chi connectivity index (χ0) is 26.2. The van der Waals surface area contributed by atoms with Crippen LogP contribution in [0.5, 0.6) is 17.2 Å². The molecule has 4 rings (SSSR count). The summed E-state index contributed by atoms with van der Waals surface area (Å²) in [5.41, 5.74) is 7.76. The van der Waals surface area contributed by atoms with Crippen LogP contribution in [-0.4, -0.2) is 39.0 Å². The molecule has 0 spiro atoms. The zero-order valence-electron chi connectivity index (χ0n) is 22.8. The van der Waals surface area contributed by atoms with Gasteiger partial charge in [0.15, 0.2) is 11.5 Å². The average molecular weight is 503 g/mol. The van der Waals surface area contributed by atoms with Gasteiger partial charge in [-0.3, -0.25) is 0 Å². The maximum absolute atomic E-state index is 9.93. The van der Waals surface area contributed by atoms with E-state index in [4.69, 9.17) is 9.47 Å². The number of rotatable bonds is 12. The molecule has 0 radical (unpaired) electrons. The molecule has 5 heteroatoms. The quantitative estimate of drug-likeness (QED) is 0.287. The second-order valence-electron chi connectivity index (χ2n) is 9.99. The lowest BCUT2D eigenvalue weighted by molar-refractivity contribution is 0.354. The van der Waals surface area contributed by atoms with Crippen molar-refractivity contribution in [3.63, 3.8) is 0 Å². The fraction of sp³-hybridized carbons (Fsp3) is 0.438. The molecule has 2 N–H and O–H groups in total. The lowest BCUT2D eigenvalue weighted by Crippen LogP contribution is -2.25. The lowest BCUT2D eigenvalue weighted by Gasteiger charge is -2.32. The van der Waals surface area contributed by atoms with Crippen LogP contribution in [-0.2, 0) is 25.8 Å². The maximum atomic E-state index is 9.93. The van der Waals surface area contributed by atoms with E-state index >= 15 is 0 Å². The number of aromatic hydroxyl groups is 1. The first-order valence-corrected chi connectivity index (χ1v) is 13.7. The van der Waals surface area contributed by atoms with E-state index in [1.54, 1.807) is 20.3 Å². The van der Waals surface area contributed by atoms with Crippen molar-refractivity contribution in [1.29, 1.82) is 0 Å². The van der Waals surface area contributed by atoms with E-state index in [1.165, 1.54) is 39.9 Å². The highest BCUT2D eigenvalue weighted by molar-refractivity contribution is 5.64. The molecule has 1 atom stereocenters. The van der Waals surface area contributed by atoms with Gasteiger partial charge in [0, 0.05) is 24.8 Å². The minimum absolute atomic E-state index is 0.351. The molecule has 0 fully saturated rings. The van der Waals surface area contributed by atoms with Crippen molar-refractivity contribution in [2.75, 3.05) is 38.8 Å². The van der Waals surface area contributed by atoms with Crippen molar-refractivity contribution in [3.05, 3.63) is 82.4 Å². The highest BCUT2D eigenvalue weighted by Crippen LogP contribution is 2.43. The van der Waals surface area contributed by atoms with Gasteiger partial charge in [0.1, 0.15) is 5.75 Å². The first kappa shape index (κ1) is 26.9. The Kier molecular flexibility index (Phi) is 9.34. The molecule has 3 aromatic rings. The summed E-state index contributed by atoms with van der Waals surface area (Å²) >= 11 is 0. The number of methoxy groups -OCH3 is 2. The third-order valence-electron chi connectivity index (χ3n) is 7.53. The Morgan fingerprint density at radius 3 is 2.32 bits per heavy atom. The van der Waals surface area contributed by atoms with Gasteiger partial charge >= 0.3 is 0 Å². The standard InChI is InChI=1S/C32H42N2O3/c1-5-16-33-17-15-23-7-9-24(10-8-23)22-34(6-2)30-21-32(37-4)31(36-3)20-29(30)27-12-11-26-19-28(35)14-13-25(26)18-27/h7-10,13-14,19-21,27,33,35H,5-6,11-12,15-18,22H2,1-4H3. The number of benzene rings is 3.